The van der Waals surface area contributed by atoms with Gasteiger partial charge < -0.3 is 15.0 Å². The molecule has 0 bridgehead atoms. The van der Waals surface area contributed by atoms with Crippen molar-refractivity contribution in [2.75, 3.05) is 17.7 Å². The van der Waals surface area contributed by atoms with Gasteiger partial charge >= 0.3 is 0 Å². The lowest BCUT2D eigenvalue weighted by molar-refractivity contribution is 0.102. The SMILES string of the molecule is CNc1snc(C)c1C(=O)Nc1cnn(Cc2cn3ccccc3n2)c1. The van der Waals surface area contributed by atoms with Crippen LogP contribution in [0.25, 0.3) is 5.65 Å². The highest BCUT2D eigenvalue weighted by Crippen LogP contribution is 2.24. The fourth-order valence-electron chi connectivity index (χ4n) is 2.75. The van der Waals surface area contributed by atoms with Crippen LogP contribution in [-0.2, 0) is 6.54 Å². The molecular weight excluding hydrogens is 350 g/mol. The van der Waals surface area contributed by atoms with Crippen LogP contribution in [0.5, 0.6) is 0 Å². The van der Waals surface area contributed by atoms with E-state index in [0.29, 0.717) is 23.5 Å². The van der Waals surface area contributed by atoms with E-state index in [0.717, 1.165) is 16.3 Å². The molecule has 0 aliphatic heterocycles. The number of amides is 1. The topological polar surface area (TPSA) is 89.1 Å². The summed E-state index contributed by atoms with van der Waals surface area (Å²) in [5, 5.41) is 10.9. The van der Waals surface area contributed by atoms with Crippen LogP contribution in [0.3, 0.4) is 0 Å². The van der Waals surface area contributed by atoms with Gasteiger partial charge in [-0.1, -0.05) is 6.07 Å². The Balaban J connectivity index is 1.49. The number of nitrogens with one attached hydrogen (secondary N) is 2. The Morgan fingerprint density at radius 2 is 2.19 bits per heavy atom. The maximum absolute atomic E-state index is 12.5. The Labute approximate surface area is 153 Å². The number of fused-ring (bicyclic) bond motifs is 1. The third-order valence-electron chi connectivity index (χ3n) is 3.95. The molecule has 9 heteroatoms. The Morgan fingerprint density at radius 1 is 1.31 bits per heavy atom. The Hall–Kier alpha value is -3.20. The summed E-state index contributed by atoms with van der Waals surface area (Å²) in [4.78, 5) is 17.1. The monoisotopic (exact) mass is 367 g/mol. The fourth-order valence-corrected chi connectivity index (χ4v) is 3.49. The van der Waals surface area contributed by atoms with E-state index in [2.05, 4.69) is 25.1 Å². The maximum Gasteiger partial charge on any atom is 0.260 e. The molecule has 0 saturated carbocycles. The van der Waals surface area contributed by atoms with E-state index in [4.69, 9.17) is 0 Å². The van der Waals surface area contributed by atoms with Crippen LogP contribution in [0.4, 0.5) is 10.7 Å². The van der Waals surface area contributed by atoms with Crippen molar-refractivity contribution in [1.82, 2.24) is 23.5 Å². The summed E-state index contributed by atoms with van der Waals surface area (Å²) in [6.45, 7) is 2.34. The molecule has 4 aromatic rings. The molecule has 132 valence electrons. The van der Waals surface area contributed by atoms with Gasteiger partial charge in [-0.2, -0.15) is 9.47 Å². The molecule has 0 atom stereocenters. The minimum absolute atomic E-state index is 0.201. The van der Waals surface area contributed by atoms with Crippen molar-refractivity contribution >= 4 is 33.8 Å². The van der Waals surface area contributed by atoms with E-state index in [9.17, 15) is 4.79 Å². The predicted molar refractivity (Wildman–Crippen MR) is 101 cm³/mol. The van der Waals surface area contributed by atoms with Crippen molar-refractivity contribution in [2.45, 2.75) is 13.5 Å². The van der Waals surface area contributed by atoms with E-state index >= 15 is 0 Å². The van der Waals surface area contributed by atoms with Gasteiger partial charge in [-0.25, -0.2) is 4.98 Å². The van der Waals surface area contributed by atoms with Crippen molar-refractivity contribution in [2.24, 2.45) is 0 Å². The number of carbonyl (C=O) groups is 1. The Kier molecular flexibility index (Phi) is 4.13. The van der Waals surface area contributed by atoms with E-state index in [1.165, 1.54) is 11.5 Å². The first-order valence-electron chi connectivity index (χ1n) is 8.04. The molecule has 4 heterocycles. The smallest absolute Gasteiger partial charge is 0.260 e. The van der Waals surface area contributed by atoms with E-state index in [-0.39, 0.29) is 5.91 Å². The minimum Gasteiger partial charge on any atom is -0.378 e. The third kappa shape index (κ3) is 3.04. The van der Waals surface area contributed by atoms with Gasteiger partial charge in [0.1, 0.15) is 10.6 Å². The quantitative estimate of drug-likeness (QED) is 0.566. The molecule has 1 amide bonds. The van der Waals surface area contributed by atoms with Gasteiger partial charge in [0.15, 0.2) is 0 Å². The summed E-state index contributed by atoms with van der Waals surface area (Å²) in [6.07, 6.45) is 7.34. The molecule has 0 unspecified atom stereocenters. The van der Waals surface area contributed by atoms with Crippen LogP contribution >= 0.6 is 11.5 Å². The van der Waals surface area contributed by atoms with Crippen molar-refractivity contribution < 1.29 is 4.79 Å². The third-order valence-corrected chi connectivity index (χ3v) is 4.90. The number of imidazole rings is 1. The molecule has 8 nitrogen and oxygen atoms in total. The fraction of sp³-hybridized carbons (Fsp3) is 0.176. The average Bonchev–Trinajstić information content (AvgIpc) is 3.33. The lowest BCUT2D eigenvalue weighted by atomic mass is 10.2. The number of nitrogens with zero attached hydrogens (tertiary/aromatic N) is 5. The Bertz CT molecular complexity index is 1040. The molecule has 0 aliphatic rings. The van der Waals surface area contributed by atoms with Crippen LogP contribution in [0.1, 0.15) is 21.7 Å². The average molecular weight is 367 g/mol. The maximum atomic E-state index is 12.5. The zero-order valence-electron chi connectivity index (χ0n) is 14.3. The van der Waals surface area contributed by atoms with Gasteiger partial charge in [0.25, 0.3) is 5.91 Å². The second kappa shape index (κ2) is 6.60. The first-order chi connectivity index (χ1) is 12.6. The molecule has 0 spiro atoms. The van der Waals surface area contributed by atoms with Gasteiger partial charge in [-0.15, -0.1) is 0 Å². The molecule has 0 fully saturated rings. The highest BCUT2D eigenvalue weighted by atomic mass is 32.1. The second-order valence-corrected chi connectivity index (χ2v) is 6.57. The molecule has 4 rings (SSSR count). The number of hydrogen-bond acceptors (Lipinski definition) is 6. The Morgan fingerprint density at radius 3 is 3.00 bits per heavy atom. The summed E-state index contributed by atoms with van der Waals surface area (Å²) in [6, 6.07) is 5.86. The number of anilines is 2. The second-order valence-electron chi connectivity index (χ2n) is 5.80. The van der Waals surface area contributed by atoms with Crippen LogP contribution in [-0.4, -0.2) is 36.5 Å². The minimum atomic E-state index is -0.201. The highest BCUT2D eigenvalue weighted by molar-refractivity contribution is 7.10. The number of hydrogen-bond donors (Lipinski definition) is 2. The van der Waals surface area contributed by atoms with Crippen LogP contribution in [0.15, 0.2) is 43.0 Å². The van der Waals surface area contributed by atoms with Crippen molar-refractivity contribution in [3.05, 3.63) is 59.9 Å². The molecule has 4 aromatic heterocycles. The van der Waals surface area contributed by atoms with Crippen LogP contribution in [0.2, 0.25) is 0 Å². The lowest BCUT2D eigenvalue weighted by Crippen LogP contribution is -2.13. The molecular formula is C17H17N7OS. The van der Waals surface area contributed by atoms with Crippen molar-refractivity contribution in [3.63, 3.8) is 0 Å². The van der Waals surface area contributed by atoms with Crippen molar-refractivity contribution in [3.8, 4) is 0 Å². The number of carbonyl (C=O) groups excluding carboxylic acids is 1. The summed E-state index contributed by atoms with van der Waals surface area (Å²) < 4.78 is 7.93. The largest absolute Gasteiger partial charge is 0.378 e. The number of aryl methyl sites for hydroxylation is 1. The normalized spacial score (nSPS) is 11.0. The van der Waals surface area contributed by atoms with Crippen LogP contribution in [0, 0.1) is 6.92 Å². The zero-order chi connectivity index (χ0) is 18.1. The van der Waals surface area contributed by atoms with E-state index in [1.54, 1.807) is 24.1 Å². The van der Waals surface area contributed by atoms with E-state index < -0.39 is 0 Å². The zero-order valence-corrected chi connectivity index (χ0v) is 15.1. The first kappa shape index (κ1) is 16.3. The van der Waals surface area contributed by atoms with Gasteiger partial charge in [0, 0.05) is 25.6 Å². The molecule has 26 heavy (non-hydrogen) atoms. The molecule has 2 N–H and O–H groups in total. The standard InChI is InChI=1S/C17H17N7OS/c1-11-15(17(18-2)26-22-11)16(25)21-12-7-19-24(9-12)10-13-8-23-6-4-3-5-14(23)20-13/h3-9,18H,10H2,1-2H3,(H,21,25). The summed E-state index contributed by atoms with van der Waals surface area (Å²) >= 11 is 1.27. The van der Waals surface area contributed by atoms with Gasteiger partial charge in [-0.3, -0.25) is 9.48 Å². The molecule has 0 aromatic carbocycles. The number of pyridine rings is 1. The summed E-state index contributed by atoms with van der Waals surface area (Å²) in [5.74, 6) is -0.201. The predicted octanol–water partition coefficient (Wildman–Crippen LogP) is 2.64. The number of rotatable bonds is 5. The molecule has 0 aliphatic carbocycles. The number of aromatic nitrogens is 5. The summed E-state index contributed by atoms with van der Waals surface area (Å²) in [5.41, 5.74) is 3.68. The van der Waals surface area contributed by atoms with Gasteiger partial charge in [0.05, 0.1) is 35.4 Å². The summed E-state index contributed by atoms with van der Waals surface area (Å²) in [7, 11) is 1.77. The molecule has 0 radical (unpaired) electrons. The van der Waals surface area contributed by atoms with Gasteiger partial charge in [-0.05, 0) is 30.6 Å². The molecule has 0 saturated heterocycles. The van der Waals surface area contributed by atoms with E-state index in [1.807, 2.05) is 41.9 Å². The first-order valence-corrected chi connectivity index (χ1v) is 8.82. The highest BCUT2D eigenvalue weighted by Gasteiger charge is 2.18. The lowest BCUT2D eigenvalue weighted by Gasteiger charge is -2.04. The van der Waals surface area contributed by atoms with Crippen molar-refractivity contribution in [1.29, 1.82) is 0 Å². The van der Waals surface area contributed by atoms with Crippen LogP contribution < -0.4 is 10.6 Å². The van der Waals surface area contributed by atoms with Gasteiger partial charge in [0.2, 0.25) is 0 Å².